The Morgan fingerprint density at radius 2 is 1.50 bits per heavy atom. The van der Waals surface area contributed by atoms with Gasteiger partial charge in [-0.1, -0.05) is 48.5 Å². The standard InChI is InChI=1S/C19H22N2O2S/c1-20-12-16-13-21(24(22,23)17-10-6-3-7-11-17)14-18(16)19(20)15-8-4-2-5-9-15/h2-11,16,18-19H,12-14H2,1H3/t16-,18+,19-/m0/s1. The van der Waals surface area contributed by atoms with E-state index < -0.39 is 10.0 Å². The van der Waals surface area contributed by atoms with E-state index in [4.69, 9.17) is 0 Å². The molecular weight excluding hydrogens is 320 g/mol. The van der Waals surface area contributed by atoms with Gasteiger partial charge in [0.1, 0.15) is 0 Å². The van der Waals surface area contributed by atoms with Gasteiger partial charge in [0, 0.05) is 25.7 Å². The van der Waals surface area contributed by atoms with Gasteiger partial charge in [-0.25, -0.2) is 8.42 Å². The molecule has 0 N–H and O–H groups in total. The second-order valence-electron chi connectivity index (χ2n) is 6.85. The van der Waals surface area contributed by atoms with Crippen LogP contribution in [0.5, 0.6) is 0 Å². The zero-order chi connectivity index (χ0) is 16.7. The van der Waals surface area contributed by atoms with Gasteiger partial charge in [-0.2, -0.15) is 4.31 Å². The average Bonchev–Trinajstić information content (AvgIpc) is 3.13. The first-order chi connectivity index (χ1) is 11.6. The summed E-state index contributed by atoms with van der Waals surface area (Å²) < 4.78 is 27.5. The van der Waals surface area contributed by atoms with Crippen molar-refractivity contribution in [1.82, 2.24) is 9.21 Å². The number of hydrogen-bond donors (Lipinski definition) is 0. The SMILES string of the molecule is CN1C[C@H]2CN(S(=O)(=O)c3ccccc3)C[C@H]2[C@@H]1c1ccccc1. The molecule has 0 aromatic heterocycles. The number of fused-ring (bicyclic) bond motifs is 1. The molecule has 0 aliphatic carbocycles. The molecule has 0 radical (unpaired) electrons. The first kappa shape index (κ1) is 15.8. The largest absolute Gasteiger partial charge is 0.299 e. The molecule has 4 nitrogen and oxygen atoms in total. The summed E-state index contributed by atoms with van der Waals surface area (Å²) in [7, 11) is -1.24. The van der Waals surface area contributed by atoms with Gasteiger partial charge in [-0.05, 0) is 36.6 Å². The predicted octanol–water partition coefficient (Wildman–Crippen LogP) is 2.61. The minimum Gasteiger partial charge on any atom is -0.299 e. The lowest BCUT2D eigenvalue weighted by molar-refractivity contribution is 0.261. The molecule has 2 aromatic rings. The van der Waals surface area contributed by atoms with Crippen molar-refractivity contribution in [3.05, 3.63) is 66.2 Å². The van der Waals surface area contributed by atoms with E-state index in [1.54, 1.807) is 28.6 Å². The Kier molecular flexibility index (Phi) is 3.95. The van der Waals surface area contributed by atoms with E-state index in [1.165, 1.54) is 5.56 Å². The summed E-state index contributed by atoms with van der Waals surface area (Å²) in [4.78, 5) is 2.77. The normalized spacial score (nSPS) is 28.1. The lowest BCUT2D eigenvalue weighted by Gasteiger charge is -2.26. The van der Waals surface area contributed by atoms with Crippen molar-refractivity contribution in [2.45, 2.75) is 10.9 Å². The van der Waals surface area contributed by atoms with E-state index >= 15 is 0 Å². The van der Waals surface area contributed by atoms with Crippen LogP contribution in [0.2, 0.25) is 0 Å². The van der Waals surface area contributed by atoms with Crippen LogP contribution in [0.3, 0.4) is 0 Å². The zero-order valence-electron chi connectivity index (χ0n) is 13.7. The van der Waals surface area contributed by atoms with E-state index in [-0.39, 0.29) is 0 Å². The minimum absolute atomic E-state index is 0.298. The summed E-state index contributed by atoms with van der Waals surface area (Å²) in [5.74, 6) is 0.759. The minimum atomic E-state index is -3.39. The lowest BCUT2D eigenvalue weighted by Crippen LogP contribution is -2.33. The molecule has 2 aliphatic rings. The maximum absolute atomic E-state index is 12.9. The molecule has 2 saturated heterocycles. The fraction of sp³-hybridized carbons (Fsp3) is 0.368. The Hall–Kier alpha value is -1.69. The number of nitrogens with zero attached hydrogens (tertiary/aromatic N) is 2. The molecule has 4 rings (SSSR count). The average molecular weight is 342 g/mol. The zero-order valence-corrected chi connectivity index (χ0v) is 14.6. The smallest absolute Gasteiger partial charge is 0.243 e. The third-order valence-corrected chi connectivity index (χ3v) is 7.23. The summed E-state index contributed by atoms with van der Waals surface area (Å²) in [6, 6.07) is 19.5. The van der Waals surface area contributed by atoms with Crippen molar-refractivity contribution in [1.29, 1.82) is 0 Å². The van der Waals surface area contributed by atoms with E-state index in [2.05, 4.69) is 36.2 Å². The molecule has 2 aromatic carbocycles. The van der Waals surface area contributed by atoms with Crippen LogP contribution in [0.25, 0.3) is 0 Å². The quantitative estimate of drug-likeness (QED) is 0.861. The van der Waals surface area contributed by atoms with Gasteiger partial charge in [0.15, 0.2) is 0 Å². The van der Waals surface area contributed by atoms with Crippen LogP contribution in [0, 0.1) is 11.8 Å². The maximum Gasteiger partial charge on any atom is 0.243 e. The molecule has 0 unspecified atom stereocenters. The molecule has 2 aliphatic heterocycles. The molecule has 3 atom stereocenters. The Labute approximate surface area is 143 Å². The fourth-order valence-corrected chi connectivity index (χ4v) is 5.86. The summed E-state index contributed by atoms with van der Waals surface area (Å²) in [6.07, 6.45) is 0. The highest BCUT2D eigenvalue weighted by molar-refractivity contribution is 7.89. The Morgan fingerprint density at radius 3 is 2.17 bits per heavy atom. The highest BCUT2D eigenvalue weighted by Crippen LogP contribution is 2.45. The van der Waals surface area contributed by atoms with Crippen LogP contribution >= 0.6 is 0 Å². The van der Waals surface area contributed by atoms with Crippen LogP contribution in [0.1, 0.15) is 11.6 Å². The van der Waals surface area contributed by atoms with Gasteiger partial charge >= 0.3 is 0 Å². The van der Waals surface area contributed by atoms with Crippen molar-refractivity contribution in [2.75, 3.05) is 26.7 Å². The molecule has 0 spiro atoms. The number of sulfonamides is 1. The highest BCUT2D eigenvalue weighted by Gasteiger charge is 2.48. The second kappa shape index (κ2) is 5.99. The maximum atomic E-state index is 12.9. The van der Waals surface area contributed by atoms with Crippen molar-refractivity contribution in [3.8, 4) is 0 Å². The Balaban J connectivity index is 1.61. The Morgan fingerprint density at radius 1 is 0.875 bits per heavy atom. The second-order valence-corrected chi connectivity index (χ2v) is 8.79. The molecular formula is C19H22N2O2S. The summed E-state index contributed by atoms with van der Waals surface area (Å²) >= 11 is 0. The molecule has 24 heavy (non-hydrogen) atoms. The molecule has 2 heterocycles. The molecule has 5 heteroatoms. The summed E-state index contributed by atoms with van der Waals surface area (Å²) in [5.41, 5.74) is 1.28. The van der Waals surface area contributed by atoms with Gasteiger partial charge in [0.25, 0.3) is 0 Å². The van der Waals surface area contributed by atoms with Crippen LogP contribution in [-0.4, -0.2) is 44.3 Å². The topological polar surface area (TPSA) is 40.6 Å². The molecule has 2 fully saturated rings. The monoisotopic (exact) mass is 342 g/mol. The molecule has 126 valence electrons. The lowest BCUT2D eigenvalue weighted by atomic mass is 9.90. The number of rotatable bonds is 3. The van der Waals surface area contributed by atoms with Crippen LogP contribution in [0.15, 0.2) is 65.6 Å². The van der Waals surface area contributed by atoms with Gasteiger partial charge in [-0.15, -0.1) is 0 Å². The van der Waals surface area contributed by atoms with Gasteiger partial charge in [0.2, 0.25) is 10.0 Å². The fourth-order valence-electron chi connectivity index (χ4n) is 4.31. The summed E-state index contributed by atoms with van der Waals surface area (Å²) in [5, 5.41) is 0. The van der Waals surface area contributed by atoms with Crippen LogP contribution < -0.4 is 0 Å². The first-order valence-electron chi connectivity index (χ1n) is 8.38. The van der Waals surface area contributed by atoms with Crippen molar-refractivity contribution < 1.29 is 8.42 Å². The van der Waals surface area contributed by atoms with Crippen LogP contribution in [-0.2, 0) is 10.0 Å². The van der Waals surface area contributed by atoms with Gasteiger partial charge in [0.05, 0.1) is 4.90 Å². The van der Waals surface area contributed by atoms with Crippen molar-refractivity contribution in [3.63, 3.8) is 0 Å². The Bertz CT molecular complexity index is 808. The predicted molar refractivity (Wildman–Crippen MR) is 94.0 cm³/mol. The first-order valence-corrected chi connectivity index (χ1v) is 9.82. The summed E-state index contributed by atoms with van der Waals surface area (Å²) in [6.45, 7) is 2.17. The number of benzene rings is 2. The van der Waals surface area contributed by atoms with Gasteiger partial charge in [-0.3, -0.25) is 4.90 Å². The molecule has 0 saturated carbocycles. The number of likely N-dealkylation sites (tertiary alicyclic amines) is 1. The van der Waals surface area contributed by atoms with E-state index in [9.17, 15) is 8.42 Å². The van der Waals surface area contributed by atoms with E-state index in [0.29, 0.717) is 35.9 Å². The third-order valence-electron chi connectivity index (χ3n) is 5.38. The highest BCUT2D eigenvalue weighted by atomic mass is 32.2. The molecule has 0 bridgehead atoms. The van der Waals surface area contributed by atoms with Gasteiger partial charge < -0.3 is 0 Å². The third kappa shape index (κ3) is 2.57. The van der Waals surface area contributed by atoms with Crippen molar-refractivity contribution in [2.24, 2.45) is 11.8 Å². The van der Waals surface area contributed by atoms with Crippen molar-refractivity contribution >= 4 is 10.0 Å². The van der Waals surface area contributed by atoms with Crippen LogP contribution in [0.4, 0.5) is 0 Å². The number of hydrogen-bond acceptors (Lipinski definition) is 3. The van der Waals surface area contributed by atoms with E-state index in [1.807, 2.05) is 12.1 Å². The molecule has 0 amide bonds. The van der Waals surface area contributed by atoms with E-state index in [0.717, 1.165) is 6.54 Å².